The fraction of sp³-hybridized carbons (Fsp3) is 0.444. The van der Waals surface area contributed by atoms with Crippen molar-refractivity contribution in [3.05, 3.63) is 17.8 Å². The lowest BCUT2D eigenvalue weighted by Gasteiger charge is -2.10. The molecule has 0 saturated heterocycles. The van der Waals surface area contributed by atoms with E-state index in [1.54, 1.807) is 13.2 Å². The highest BCUT2D eigenvalue weighted by Crippen LogP contribution is 2.07. The van der Waals surface area contributed by atoms with Gasteiger partial charge in [-0.2, -0.15) is 10.4 Å². The molecule has 5 nitrogen and oxygen atoms in total. The molecule has 0 aromatic carbocycles. The van der Waals surface area contributed by atoms with E-state index in [1.807, 2.05) is 13.0 Å². The predicted octanol–water partition coefficient (Wildman–Crippen LogP) is 0.795. The molecule has 0 aliphatic rings. The number of ether oxygens (including phenoxy) is 1. The molecule has 5 heteroatoms. The maximum atomic E-state index is 8.75. The zero-order valence-electron chi connectivity index (χ0n) is 8.19. The first-order valence-corrected chi connectivity index (χ1v) is 4.26. The van der Waals surface area contributed by atoms with Gasteiger partial charge >= 0.3 is 0 Å². The lowest BCUT2D eigenvalue weighted by molar-refractivity contribution is 0.128. The van der Waals surface area contributed by atoms with E-state index in [2.05, 4.69) is 15.5 Å². The van der Waals surface area contributed by atoms with E-state index in [9.17, 15) is 0 Å². The maximum Gasteiger partial charge on any atom is 0.166 e. The highest BCUT2D eigenvalue weighted by Gasteiger charge is 2.04. The van der Waals surface area contributed by atoms with Gasteiger partial charge in [0.1, 0.15) is 6.07 Å². The molecule has 0 amide bonds. The summed E-state index contributed by atoms with van der Waals surface area (Å²) in [6.45, 7) is 2.53. The Bertz CT molecular complexity index is 334. The monoisotopic (exact) mass is 192 g/mol. The zero-order valence-corrected chi connectivity index (χ0v) is 8.19. The van der Waals surface area contributed by atoms with Crippen LogP contribution in [0.3, 0.4) is 0 Å². The normalized spacial score (nSPS) is 11.8. The van der Waals surface area contributed by atoms with Gasteiger partial charge in [-0.05, 0) is 13.0 Å². The van der Waals surface area contributed by atoms with E-state index in [0.717, 1.165) is 0 Å². The second-order valence-electron chi connectivity index (χ2n) is 2.83. The smallest absolute Gasteiger partial charge is 0.166 e. The predicted molar refractivity (Wildman–Crippen MR) is 51.7 cm³/mol. The molecule has 14 heavy (non-hydrogen) atoms. The minimum absolute atomic E-state index is 0.0727. The van der Waals surface area contributed by atoms with Gasteiger partial charge in [0.05, 0.1) is 17.9 Å². The van der Waals surface area contributed by atoms with E-state index < -0.39 is 0 Å². The van der Waals surface area contributed by atoms with Gasteiger partial charge < -0.3 is 10.1 Å². The Labute approximate surface area is 82.7 Å². The van der Waals surface area contributed by atoms with Crippen molar-refractivity contribution in [1.82, 2.24) is 10.2 Å². The van der Waals surface area contributed by atoms with E-state index in [-0.39, 0.29) is 6.10 Å². The maximum absolute atomic E-state index is 8.75. The first-order valence-electron chi connectivity index (χ1n) is 4.26. The van der Waals surface area contributed by atoms with Crippen LogP contribution in [0, 0.1) is 11.3 Å². The van der Waals surface area contributed by atoms with Crippen LogP contribution in [0.2, 0.25) is 0 Å². The Morgan fingerprint density at radius 1 is 1.71 bits per heavy atom. The lowest BCUT2D eigenvalue weighted by atomic mass is 10.3. The topological polar surface area (TPSA) is 70.8 Å². The van der Waals surface area contributed by atoms with Gasteiger partial charge in [0, 0.05) is 13.7 Å². The number of nitrogens with zero attached hydrogens (tertiary/aromatic N) is 3. The van der Waals surface area contributed by atoms with E-state index in [4.69, 9.17) is 10.00 Å². The highest BCUT2D eigenvalue weighted by molar-refractivity contribution is 5.50. The first kappa shape index (κ1) is 10.4. The minimum Gasteiger partial charge on any atom is -0.380 e. The molecular formula is C9H12N4O. The molecule has 0 bridgehead atoms. The van der Waals surface area contributed by atoms with E-state index in [0.29, 0.717) is 17.9 Å². The lowest BCUT2D eigenvalue weighted by Crippen LogP contribution is -2.19. The molecule has 0 saturated carbocycles. The fourth-order valence-corrected chi connectivity index (χ4v) is 0.876. The van der Waals surface area contributed by atoms with Crippen molar-refractivity contribution in [2.24, 2.45) is 0 Å². The van der Waals surface area contributed by atoms with Gasteiger partial charge in [0.25, 0.3) is 0 Å². The van der Waals surface area contributed by atoms with Crippen LogP contribution in [0.15, 0.2) is 12.3 Å². The molecule has 1 heterocycles. The Morgan fingerprint density at radius 3 is 3.14 bits per heavy atom. The summed E-state index contributed by atoms with van der Waals surface area (Å²) in [5, 5.41) is 19.3. The summed E-state index contributed by atoms with van der Waals surface area (Å²) in [4.78, 5) is 0. The first-order chi connectivity index (χ1) is 6.77. The number of nitriles is 1. The number of nitrogens with one attached hydrogen (secondary N) is 1. The molecule has 1 atom stereocenters. The van der Waals surface area contributed by atoms with Crippen LogP contribution in [0.4, 0.5) is 5.82 Å². The summed E-state index contributed by atoms with van der Waals surface area (Å²) >= 11 is 0. The zero-order chi connectivity index (χ0) is 10.4. The third-order valence-corrected chi connectivity index (χ3v) is 1.80. The van der Waals surface area contributed by atoms with Crippen LogP contribution in [0.5, 0.6) is 0 Å². The molecule has 0 fully saturated rings. The average molecular weight is 192 g/mol. The fourth-order valence-electron chi connectivity index (χ4n) is 0.876. The largest absolute Gasteiger partial charge is 0.380 e. The molecular weight excluding hydrogens is 180 g/mol. The molecule has 0 radical (unpaired) electrons. The van der Waals surface area contributed by atoms with Crippen molar-refractivity contribution in [3.63, 3.8) is 0 Å². The summed E-state index contributed by atoms with van der Waals surface area (Å²) in [5.41, 5.74) is 0.489. The van der Waals surface area contributed by atoms with Gasteiger partial charge in [0.15, 0.2) is 5.82 Å². The van der Waals surface area contributed by atoms with Crippen molar-refractivity contribution in [2.45, 2.75) is 13.0 Å². The Kier molecular flexibility index (Phi) is 3.83. The molecule has 0 aliphatic carbocycles. The second kappa shape index (κ2) is 5.14. The number of aromatic nitrogens is 2. The summed E-state index contributed by atoms with van der Waals surface area (Å²) in [5.74, 6) is 0.499. The van der Waals surface area contributed by atoms with Crippen LogP contribution in [0.25, 0.3) is 0 Å². The van der Waals surface area contributed by atoms with Crippen LogP contribution in [-0.4, -0.2) is 30.0 Å². The number of anilines is 1. The molecule has 0 aliphatic heterocycles. The third kappa shape index (κ3) is 2.68. The second-order valence-corrected chi connectivity index (χ2v) is 2.83. The van der Waals surface area contributed by atoms with E-state index >= 15 is 0 Å². The molecule has 0 spiro atoms. The van der Waals surface area contributed by atoms with Crippen molar-refractivity contribution >= 4 is 5.82 Å². The van der Waals surface area contributed by atoms with Gasteiger partial charge in [-0.3, -0.25) is 0 Å². The van der Waals surface area contributed by atoms with Crippen LogP contribution < -0.4 is 5.32 Å². The minimum atomic E-state index is 0.0727. The summed E-state index contributed by atoms with van der Waals surface area (Å²) in [6, 6.07) is 3.65. The van der Waals surface area contributed by atoms with Crippen molar-refractivity contribution in [2.75, 3.05) is 19.0 Å². The van der Waals surface area contributed by atoms with E-state index in [1.165, 1.54) is 6.20 Å². The SMILES string of the molecule is COC(C)CNc1nnccc1C#N. The standard InChI is InChI=1S/C9H12N4O/c1-7(14-2)6-11-9-8(5-10)3-4-12-13-9/h3-4,7H,6H2,1-2H3,(H,11,13). The molecule has 1 aromatic rings. The molecule has 1 rings (SSSR count). The van der Waals surface area contributed by atoms with Crippen LogP contribution >= 0.6 is 0 Å². The van der Waals surface area contributed by atoms with Crippen LogP contribution in [-0.2, 0) is 4.74 Å². The molecule has 1 aromatic heterocycles. The van der Waals surface area contributed by atoms with Crippen molar-refractivity contribution < 1.29 is 4.74 Å². The van der Waals surface area contributed by atoms with Crippen molar-refractivity contribution in [1.29, 1.82) is 5.26 Å². The summed E-state index contributed by atoms with van der Waals surface area (Å²) in [7, 11) is 1.63. The Hall–Kier alpha value is -1.67. The van der Waals surface area contributed by atoms with Gasteiger partial charge in [-0.1, -0.05) is 0 Å². The third-order valence-electron chi connectivity index (χ3n) is 1.80. The quantitative estimate of drug-likeness (QED) is 0.763. The number of hydrogen-bond acceptors (Lipinski definition) is 5. The number of rotatable bonds is 4. The Morgan fingerprint density at radius 2 is 2.50 bits per heavy atom. The van der Waals surface area contributed by atoms with Crippen LogP contribution in [0.1, 0.15) is 12.5 Å². The average Bonchev–Trinajstić information content (AvgIpc) is 2.26. The Balaban J connectivity index is 2.63. The number of hydrogen-bond donors (Lipinski definition) is 1. The molecule has 74 valence electrons. The molecule has 1 unspecified atom stereocenters. The molecule has 1 N–H and O–H groups in total. The van der Waals surface area contributed by atoms with Gasteiger partial charge in [0.2, 0.25) is 0 Å². The van der Waals surface area contributed by atoms with Gasteiger partial charge in [-0.25, -0.2) is 0 Å². The number of methoxy groups -OCH3 is 1. The van der Waals surface area contributed by atoms with Gasteiger partial charge in [-0.15, -0.1) is 5.10 Å². The summed E-state index contributed by atoms with van der Waals surface area (Å²) < 4.78 is 5.05. The van der Waals surface area contributed by atoms with Crippen molar-refractivity contribution in [3.8, 4) is 6.07 Å². The summed E-state index contributed by atoms with van der Waals surface area (Å²) in [6.07, 6.45) is 1.56. The highest BCUT2D eigenvalue weighted by atomic mass is 16.5.